The lowest BCUT2D eigenvalue weighted by atomic mass is 10.1. The van der Waals surface area contributed by atoms with E-state index in [0.717, 1.165) is 11.1 Å². The Kier molecular flexibility index (Phi) is 5.10. The molecule has 0 aliphatic heterocycles. The van der Waals surface area contributed by atoms with Gasteiger partial charge >= 0.3 is 5.97 Å². The molecule has 108 valence electrons. The van der Waals surface area contributed by atoms with E-state index >= 15 is 0 Å². The molecule has 2 aromatic carbocycles. The van der Waals surface area contributed by atoms with Crippen LogP contribution in [0.4, 0.5) is 0 Å². The standard InChI is InChI=1S/C17H17NO3/c1-13-4-3-5-15(10-13)12-21-18-11-14-6-8-16(9-7-14)17(19)20-2/h3-11H,12H2,1-2H3/b18-11+. The Morgan fingerprint density at radius 3 is 2.62 bits per heavy atom. The highest BCUT2D eigenvalue weighted by atomic mass is 16.6. The molecule has 0 saturated carbocycles. The predicted octanol–water partition coefficient (Wildman–Crippen LogP) is 3.33. The molecule has 2 rings (SSSR count). The highest BCUT2D eigenvalue weighted by Gasteiger charge is 2.03. The monoisotopic (exact) mass is 283 g/mol. The summed E-state index contributed by atoms with van der Waals surface area (Å²) >= 11 is 0. The molecule has 0 aromatic heterocycles. The number of carbonyl (C=O) groups is 1. The number of ether oxygens (including phenoxy) is 1. The topological polar surface area (TPSA) is 47.9 Å². The van der Waals surface area contributed by atoms with Crippen LogP contribution >= 0.6 is 0 Å². The minimum Gasteiger partial charge on any atom is -0.465 e. The molecule has 0 amide bonds. The van der Waals surface area contributed by atoms with Gasteiger partial charge in [0.25, 0.3) is 0 Å². The molecule has 0 heterocycles. The van der Waals surface area contributed by atoms with E-state index < -0.39 is 0 Å². The van der Waals surface area contributed by atoms with Crippen molar-refractivity contribution in [3.8, 4) is 0 Å². The van der Waals surface area contributed by atoms with Crippen LogP contribution in [0.3, 0.4) is 0 Å². The molecular formula is C17H17NO3. The van der Waals surface area contributed by atoms with Crippen LogP contribution in [0, 0.1) is 6.92 Å². The predicted molar refractivity (Wildman–Crippen MR) is 81.3 cm³/mol. The molecule has 0 aliphatic rings. The number of esters is 1. The van der Waals surface area contributed by atoms with Gasteiger partial charge in [0.2, 0.25) is 0 Å². The number of methoxy groups -OCH3 is 1. The molecule has 0 bridgehead atoms. The maximum absolute atomic E-state index is 11.3. The van der Waals surface area contributed by atoms with Gasteiger partial charge in [-0.25, -0.2) is 4.79 Å². The highest BCUT2D eigenvalue weighted by molar-refractivity contribution is 5.90. The lowest BCUT2D eigenvalue weighted by Crippen LogP contribution is -2.00. The summed E-state index contributed by atoms with van der Waals surface area (Å²) in [5.41, 5.74) is 3.63. The number of hydrogen-bond donors (Lipinski definition) is 0. The lowest BCUT2D eigenvalue weighted by molar-refractivity contribution is 0.0601. The third-order valence-electron chi connectivity index (χ3n) is 2.92. The fourth-order valence-corrected chi connectivity index (χ4v) is 1.83. The van der Waals surface area contributed by atoms with Crippen LogP contribution in [-0.4, -0.2) is 19.3 Å². The average molecular weight is 283 g/mol. The Balaban J connectivity index is 1.88. The molecule has 4 heteroatoms. The second-order valence-electron chi connectivity index (χ2n) is 4.61. The van der Waals surface area contributed by atoms with Gasteiger partial charge in [0.1, 0.15) is 6.61 Å². The van der Waals surface area contributed by atoms with Crippen LogP contribution in [0.1, 0.15) is 27.0 Å². The molecule has 0 atom stereocenters. The summed E-state index contributed by atoms with van der Waals surface area (Å²) in [6, 6.07) is 15.0. The van der Waals surface area contributed by atoms with Crippen molar-refractivity contribution in [2.75, 3.05) is 7.11 Å². The third-order valence-corrected chi connectivity index (χ3v) is 2.92. The Labute approximate surface area is 124 Å². The number of rotatable bonds is 5. The van der Waals surface area contributed by atoms with Crippen LogP contribution < -0.4 is 0 Å². The minimum atomic E-state index is -0.353. The van der Waals surface area contributed by atoms with E-state index in [1.54, 1.807) is 30.5 Å². The summed E-state index contributed by atoms with van der Waals surface area (Å²) in [4.78, 5) is 16.5. The van der Waals surface area contributed by atoms with Gasteiger partial charge < -0.3 is 9.57 Å². The molecule has 0 N–H and O–H groups in total. The number of carbonyl (C=O) groups excluding carboxylic acids is 1. The zero-order valence-corrected chi connectivity index (χ0v) is 12.1. The molecule has 2 aromatic rings. The van der Waals surface area contributed by atoms with E-state index in [0.29, 0.717) is 12.2 Å². The van der Waals surface area contributed by atoms with Gasteiger partial charge in [-0.3, -0.25) is 0 Å². The number of aryl methyl sites for hydroxylation is 1. The first-order valence-electron chi connectivity index (χ1n) is 6.58. The van der Waals surface area contributed by atoms with Crippen LogP contribution in [0.5, 0.6) is 0 Å². The average Bonchev–Trinajstić information content (AvgIpc) is 2.51. The smallest absolute Gasteiger partial charge is 0.337 e. The van der Waals surface area contributed by atoms with Crippen molar-refractivity contribution in [1.82, 2.24) is 0 Å². The van der Waals surface area contributed by atoms with Crippen LogP contribution in [0.25, 0.3) is 0 Å². The SMILES string of the molecule is COC(=O)c1ccc(/C=N/OCc2cccc(C)c2)cc1. The molecule has 0 saturated heterocycles. The summed E-state index contributed by atoms with van der Waals surface area (Å²) in [6.45, 7) is 2.47. The van der Waals surface area contributed by atoms with Crippen molar-refractivity contribution < 1.29 is 14.4 Å². The summed E-state index contributed by atoms with van der Waals surface area (Å²) in [7, 11) is 1.36. The maximum Gasteiger partial charge on any atom is 0.337 e. The number of nitrogens with zero attached hydrogens (tertiary/aromatic N) is 1. The first-order chi connectivity index (χ1) is 10.2. The fourth-order valence-electron chi connectivity index (χ4n) is 1.83. The van der Waals surface area contributed by atoms with Crippen LogP contribution in [-0.2, 0) is 16.2 Å². The molecule has 4 nitrogen and oxygen atoms in total. The minimum absolute atomic E-state index is 0.353. The largest absolute Gasteiger partial charge is 0.465 e. The Hall–Kier alpha value is -2.62. The van der Waals surface area contributed by atoms with Gasteiger partial charge in [-0.1, -0.05) is 47.1 Å². The van der Waals surface area contributed by atoms with Crippen molar-refractivity contribution in [3.05, 3.63) is 70.8 Å². The van der Waals surface area contributed by atoms with E-state index in [1.807, 2.05) is 25.1 Å². The van der Waals surface area contributed by atoms with Crippen molar-refractivity contribution >= 4 is 12.2 Å². The first-order valence-corrected chi connectivity index (χ1v) is 6.58. The normalized spacial score (nSPS) is 10.6. The Morgan fingerprint density at radius 1 is 1.19 bits per heavy atom. The number of oxime groups is 1. The second-order valence-corrected chi connectivity index (χ2v) is 4.61. The first kappa shape index (κ1) is 14.8. The summed E-state index contributed by atoms with van der Waals surface area (Å²) in [6.07, 6.45) is 1.61. The molecule has 0 radical (unpaired) electrons. The van der Waals surface area contributed by atoms with E-state index in [9.17, 15) is 4.79 Å². The maximum atomic E-state index is 11.3. The Morgan fingerprint density at radius 2 is 1.95 bits per heavy atom. The van der Waals surface area contributed by atoms with Crippen molar-refractivity contribution in [3.63, 3.8) is 0 Å². The highest BCUT2D eigenvalue weighted by Crippen LogP contribution is 2.06. The van der Waals surface area contributed by atoms with Gasteiger partial charge in [-0.05, 0) is 30.2 Å². The Bertz CT molecular complexity index is 633. The molecular weight excluding hydrogens is 266 g/mol. The molecule has 0 spiro atoms. The van der Waals surface area contributed by atoms with E-state index in [2.05, 4.69) is 16.0 Å². The van der Waals surface area contributed by atoms with E-state index in [-0.39, 0.29) is 5.97 Å². The van der Waals surface area contributed by atoms with Crippen LogP contribution in [0.15, 0.2) is 53.7 Å². The van der Waals surface area contributed by atoms with Crippen LogP contribution in [0.2, 0.25) is 0 Å². The fraction of sp³-hybridized carbons (Fsp3) is 0.176. The molecule has 0 unspecified atom stereocenters. The zero-order valence-electron chi connectivity index (χ0n) is 12.1. The zero-order chi connectivity index (χ0) is 15.1. The van der Waals surface area contributed by atoms with Gasteiger partial charge in [-0.2, -0.15) is 0 Å². The van der Waals surface area contributed by atoms with Crippen molar-refractivity contribution in [2.45, 2.75) is 13.5 Å². The van der Waals surface area contributed by atoms with E-state index in [1.165, 1.54) is 12.7 Å². The summed E-state index contributed by atoms with van der Waals surface area (Å²) < 4.78 is 4.64. The summed E-state index contributed by atoms with van der Waals surface area (Å²) in [5.74, 6) is -0.353. The van der Waals surface area contributed by atoms with Gasteiger partial charge in [0.15, 0.2) is 0 Å². The van der Waals surface area contributed by atoms with Gasteiger partial charge in [0.05, 0.1) is 18.9 Å². The lowest BCUT2D eigenvalue weighted by Gasteiger charge is -2.01. The number of hydrogen-bond acceptors (Lipinski definition) is 4. The molecule has 0 fully saturated rings. The third kappa shape index (κ3) is 4.45. The van der Waals surface area contributed by atoms with Gasteiger partial charge in [-0.15, -0.1) is 0 Å². The molecule has 21 heavy (non-hydrogen) atoms. The van der Waals surface area contributed by atoms with E-state index in [4.69, 9.17) is 4.84 Å². The quantitative estimate of drug-likeness (QED) is 0.480. The van der Waals surface area contributed by atoms with Crippen molar-refractivity contribution in [1.29, 1.82) is 0 Å². The second kappa shape index (κ2) is 7.24. The van der Waals surface area contributed by atoms with Crippen molar-refractivity contribution in [2.24, 2.45) is 5.16 Å². The molecule has 0 aliphatic carbocycles. The van der Waals surface area contributed by atoms with Gasteiger partial charge in [0, 0.05) is 0 Å². The number of benzene rings is 2. The summed E-state index contributed by atoms with van der Waals surface area (Å²) in [5, 5.41) is 3.92.